The molecule has 1 aliphatic carbocycles. The molecule has 1 aromatic rings. The van der Waals surface area contributed by atoms with E-state index in [0.717, 1.165) is 37.8 Å². The molecule has 18 heavy (non-hydrogen) atoms. The molecule has 2 aliphatic rings. The standard InChI is InChI=1S/C14H22N2OS/c1-10-7-11(2)9-14(8-10)12(15-3-5-17-14)13-16-4-6-18-13/h4,6,10-12,15H,3,5,7-9H2,1-2H3. The molecule has 1 aliphatic heterocycles. The second kappa shape index (κ2) is 4.91. The monoisotopic (exact) mass is 266 g/mol. The van der Waals surface area contributed by atoms with Crippen LogP contribution in [0, 0.1) is 11.8 Å². The number of thiazole rings is 1. The molecule has 1 spiro atoms. The molecule has 0 radical (unpaired) electrons. The molecule has 1 aromatic heterocycles. The number of rotatable bonds is 1. The Hall–Kier alpha value is -0.450. The van der Waals surface area contributed by atoms with Crippen LogP contribution >= 0.6 is 11.3 Å². The molecule has 1 saturated carbocycles. The first kappa shape index (κ1) is 12.6. The summed E-state index contributed by atoms with van der Waals surface area (Å²) in [7, 11) is 0. The lowest BCUT2D eigenvalue weighted by molar-refractivity contribution is -0.138. The minimum atomic E-state index is -0.0206. The van der Waals surface area contributed by atoms with Crippen molar-refractivity contribution >= 4 is 11.3 Å². The SMILES string of the molecule is CC1CC(C)CC2(C1)OCCNC2c1nccs1. The zero-order valence-electron chi connectivity index (χ0n) is 11.2. The lowest BCUT2D eigenvalue weighted by Crippen LogP contribution is -2.55. The lowest BCUT2D eigenvalue weighted by atomic mass is 9.70. The average molecular weight is 266 g/mol. The van der Waals surface area contributed by atoms with Gasteiger partial charge in [-0.05, 0) is 31.1 Å². The summed E-state index contributed by atoms with van der Waals surface area (Å²) in [5.41, 5.74) is -0.0206. The van der Waals surface area contributed by atoms with E-state index in [1.54, 1.807) is 11.3 Å². The molecule has 0 amide bonds. The first-order chi connectivity index (χ1) is 8.70. The third-order valence-electron chi connectivity index (χ3n) is 4.26. The number of ether oxygens (including phenoxy) is 1. The van der Waals surface area contributed by atoms with Gasteiger partial charge >= 0.3 is 0 Å². The minimum Gasteiger partial charge on any atom is -0.372 e. The highest BCUT2D eigenvalue weighted by Crippen LogP contribution is 2.47. The molecule has 3 nitrogen and oxygen atoms in total. The first-order valence-corrected chi connectivity index (χ1v) is 7.84. The Kier molecular flexibility index (Phi) is 3.43. The Morgan fingerprint density at radius 1 is 1.39 bits per heavy atom. The zero-order valence-corrected chi connectivity index (χ0v) is 12.0. The summed E-state index contributed by atoms with van der Waals surface area (Å²) in [4.78, 5) is 4.52. The van der Waals surface area contributed by atoms with Crippen molar-refractivity contribution in [3.05, 3.63) is 16.6 Å². The van der Waals surface area contributed by atoms with Crippen LogP contribution in [0.15, 0.2) is 11.6 Å². The van der Waals surface area contributed by atoms with Gasteiger partial charge in [0.1, 0.15) is 5.01 Å². The molecule has 0 bridgehead atoms. The van der Waals surface area contributed by atoms with Crippen LogP contribution < -0.4 is 5.32 Å². The molecule has 2 fully saturated rings. The van der Waals surface area contributed by atoms with E-state index in [0.29, 0.717) is 0 Å². The minimum absolute atomic E-state index is 0.0206. The van der Waals surface area contributed by atoms with Crippen molar-refractivity contribution in [1.29, 1.82) is 0 Å². The van der Waals surface area contributed by atoms with Crippen molar-refractivity contribution in [1.82, 2.24) is 10.3 Å². The predicted molar refractivity (Wildman–Crippen MR) is 73.7 cm³/mol. The normalized spacial score (nSPS) is 41.1. The maximum Gasteiger partial charge on any atom is 0.112 e. The second-order valence-electron chi connectivity index (χ2n) is 6.03. The molecular formula is C14H22N2OS. The fourth-order valence-electron chi connectivity index (χ4n) is 3.89. The van der Waals surface area contributed by atoms with Crippen LogP contribution in [0.4, 0.5) is 0 Å². The van der Waals surface area contributed by atoms with Crippen LogP contribution in [0.1, 0.15) is 44.2 Å². The molecule has 100 valence electrons. The number of hydrogen-bond donors (Lipinski definition) is 1. The van der Waals surface area contributed by atoms with Gasteiger partial charge in [-0.15, -0.1) is 11.3 Å². The van der Waals surface area contributed by atoms with Gasteiger partial charge in [0.15, 0.2) is 0 Å². The number of morpholine rings is 1. The lowest BCUT2D eigenvalue weighted by Gasteiger charge is -2.49. The van der Waals surface area contributed by atoms with Gasteiger partial charge in [0, 0.05) is 18.1 Å². The van der Waals surface area contributed by atoms with Crippen LogP contribution in [0.5, 0.6) is 0 Å². The number of aromatic nitrogens is 1. The van der Waals surface area contributed by atoms with Crippen molar-refractivity contribution in [2.45, 2.75) is 44.8 Å². The summed E-state index contributed by atoms with van der Waals surface area (Å²) in [6, 6.07) is 0.288. The van der Waals surface area contributed by atoms with Crippen LogP contribution in [0.25, 0.3) is 0 Å². The van der Waals surface area contributed by atoms with E-state index in [1.165, 1.54) is 11.4 Å². The Balaban J connectivity index is 1.90. The third-order valence-corrected chi connectivity index (χ3v) is 5.10. The molecule has 3 rings (SSSR count). The van der Waals surface area contributed by atoms with E-state index in [4.69, 9.17) is 4.74 Å². The quantitative estimate of drug-likeness (QED) is 0.848. The van der Waals surface area contributed by atoms with Crippen LogP contribution in [0.2, 0.25) is 0 Å². The van der Waals surface area contributed by atoms with E-state index in [-0.39, 0.29) is 11.6 Å². The molecule has 0 aromatic carbocycles. The van der Waals surface area contributed by atoms with Crippen molar-refractivity contribution < 1.29 is 4.74 Å². The van der Waals surface area contributed by atoms with Crippen LogP contribution in [-0.2, 0) is 4.74 Å². The van der Waals surface area contributed by atoms with Crippen molar-refractivity contribution in [2.24, 2.45) is 11.8 Å². The van der Waals surface area contributed by atoms with E-state index in [2.05, 4.69) is 29.5 Å². The summed E-state index contributed by atoms with van der Waals surface area (Å²) in [5, 5.41) is 6.90. The highest BCUT2D eigenvalue weighted by Gasteiger charge is 2.48. The van der Waals surface area contributed by atoms with Gasteiger partial charge in [0.25, 0.3) is 0 Å². The molecule has 1 N–H and O–H groups in total. The summed E-state index contributed by atoms with van der Waals surface area (Å²) < 4.78 is 6.29. The molecule has 4 heteroatoms. The summed E-state index contributed by atoms with van der Waals surface area (Å²) in [6.45, 7) is 6.48. The van der Waals surface area contributed by atoms with Gasteiger partial charge in [-0.2, -0.15) is 0 Å². The smallest absolute Gasteiger partial charge is 0.112 e. The van der Waals surface area contributed by atoms with Gasteiger partial charge in [-0.25, -0.2) is 4.98 Å². The Morgan fingerprint density at radius 3 is 2.83 bits per heavy atom. The topological polar surface area (TPSA) is 34.1 Å². The van der Waals surface area contributed by atoms with E-state index in [1.807, 2.05) is 6.20 Å². The average Bonchev–Trinajstić information content (AvgIpc) is 2.81. The van der Waals surface area contributed by atoms with Crippen molar-refractivity contribution in [3.8, 4) is 0 Å². The fourth-order valence-corrected chi connectivity index (χ4v) is 4.70. The van der Waals surface area contributed by atoms with Gasteiger partial charge < -0.3 is 10.1 Å². The Morgan fingerprint density at radius 2 is 2.17 bits per heavy atom. The number of nitrogens with one attached hydrogen (secondary N) is 1. The van der Waals surface area contributed by atoms with E-state index >= 15 is 0 Å². The number of hydrogen-bond acceptors (Lipinski definition) is 4. The highest BCUT2D eigenvalue weighted by molar-refractivity contribution is 7.09. The molecule has 3 atom stereocenters. The predicted octanol–water partition coefficient (Wildman–Crippen LogP) is 3.00. The van der Waals surface area contributed by atoms with Crippen LogP contribution in [0.3, 0.4) is 0 Å². The van der Waals surface area contributed by atoms with Gasteiger partial charge in [-0.3, -0.25) is 0 Å². The summed E-state index contributed by atoms with van der Waals surface area (Å²) >= 11 is 1.75. The maximum atomic E-state index is 6.29. The first-order valence-electron chi connectivity index (χ1n) is 6.96. The number of nitrogens with zero attached hydrogens (tertiary/aromatic N) is 1. The highest BCUT2D eigenvalue weighted by atomic mass is 32.1. The van der Waals surface area contributed by atoms with Crippen LogP contribution in [-0.4, -0.2) is 23.7 Å². The largest absolute Gasteiger partial charge is 0.372 e. The van der Waals surface area contributed by atoms with Crippen molar-refractivity contribution in [3.63, 3.8) is 0 Å². The van der Waals surface area contributed by atoms with Gasteiger partial charge in [-0.1, -0.05) is 13.8 Å². The summed E-state index contributed by atoms with van der Waals surface area (Å²) in [6.07, 6.45) is 5.55. The van der Waals surface area contributed by atoms with Gasteiger partial charge in [0.05, 0.1) is 18.2 Å². The fraction of sp³-hybridized carbons (Fsp3) is 0.786. The second-order valence-corrected chi connectivity index (χ2v) is 6.95. The third kappa shape index (κ3) is 2.22. The zero-order chi connectivity index (χ0) is 12.6. The summed E-state index contributed by atoms with van der Waals surface area (Å²) in [5.74, 6) is 1.49. The molecule has 1 saturated heterocycles. The Labute approximate surface area is 113 Å². The molecule has 3 unspecified atom stereocenters. The van der Waals surface area contributed by atoms with Gasteiger partial charge in [0.2, 0.25) is 0 Å². The molecule has 2 heterocycles. The molecular weight excluding hydrogens is 244 g/mol. The van der Waals surface area contributed by atoms with Crippen molar-refractivity contribution in [2.75, 3.05) is 13.2 Å². The Bertz CT molecular complexity index is 383. The van der Waals surface area contributed by atoms with E-state index in [9.17, 15) is 0 Å². The van der Waals surface area contributed by atoms with E-state index < -0.39 is 0 Å². The maximum absolute atomic E-state index is 6.29.